The average Bonchev–Trinajstić information content (AvgIpc) is 2.10. The maximum absolute atomic E-state index is 12.2. The van der Waals surface area contributed by atoms with Crippen molar-refractivity contribution in [3.8, 4) is 0 Å². The summed E-state index contributed by atoms with van der Waals surface area (Å²) >= 11 is 5.82. The molecule has 0 fully saturated rings. The third-order valence-corrected chi connectivity index (χ3v) is 2.49. The van der Waals surface area contributed by atoms with E-state index in [1.807, 2.05) is 0 Å². The number of aryl methyl sites for hydroxylation is 1. The summed E-state index contributed by atoms with van der Waals surface area (Å²) in [6.07, 6.45) is -5.13. The summed E-state index contributed by atoms with van der Waals surface area (Å²) in [5.74, 6) is 0.765. The van der Waals surface area contributed by atoms with Crippen LogP contribution < -0.4 is 5.32 Å². The first-order valence-electron chi connectivity index (χ1n) is 5.03. The number of hydrogen-bond donors (Lipinski definition) is 1. The number of rotatable bonds is 3. The molecule has 0 amide bonds. The Morgan fingerprint density at radius 2 is 1.88 bits per heavy atom. The van der Waals surface area contributed by atoms with E-state index in [4.69, 9.17) is 11.6 Å². The van der Waals surface area contributed by atoms with E-state index in [1.54, 1.807) is 13.8 Å². The predicted octanol–water partition coefficient (Wildman–Crippen LogP) is 3.50. The Morgan fingerprint density at radius 1 is 1.29 bits per heavy atom. The topological polar surface area (TPSA) is 37.8 Å². The van der Waals surface area contributed by atoms with E-state index in [1.165, 1.54) is 6.92 Å². The van der Waals surface area contributed by atoms with Gasteiger partial charge < -0.3 is 5.32 Å². The van der Waals surface area contributed by atoms with Crippen molar-refractivity contribution in [3.05, 3.63) is 16.5 Å². The zero-order chi connectivity index (χ0) is 13.2. The first kappa shape index (κ1) is 14.0. The highest BCUT2D eigenvalue weighted by atomic mass is 35.5. The molecule has 0 bridgehead atoms. The minimum absolute atomic E-state index is 0.249. The van der Waals surface area contributed by atoms with Crippen molar-refractivity contribution in [2.75, 3.05) is 5.32 Å². The Labute approximate surface area is 102 Å². The summed E-state index contributed by atoms with van der Waals surface area (Å²) in [6, 6.07) is -0.765. The standard InChI is InChI=1S/C10H13ClF3N3/c1-5(4-10(12,13)14)15-9-6(2)8(11)16-7(3)17-9/h5H,4H2,1-3H3,(H,15,16,17). The van der Waals surface area contributed by atoms with Gasteiger partial charge in [-0.3, -0.25) is 0 Å². The quantitative estimate of drug-likeness (QED) is 0.852. The fraction of sp³-hybridized carbons (Fsp3) is 0.600. The molecular weight excluding hydrogens is 255 g/mol. The van der Waals surface area contributed by atoms with Crippen molar-refractivity contribution in [3.63, 3.8) is 0 Å². The molecule has 0 spiro atoms. The highest BCUT2D eigenvalue weighted by Gasteiger charge is 2.30. The van der Waals surface area contributed by atoms with Gasteiger partial charge in [-0.2, -0.15) is 13.2 Å². The smallest absolute Gasteiger partial charge is 0.367 e. The van der Waals surface area contributed by atoms with Gasteiger partial charge in [0.25, 0.3) is 0 Å². The van der Waals surface area contributed by atoms with Crippen molar-refractivity contribution in [1.29, 1.82) is 0 Å². The Kier molecular flexibility index (Phi) is 4.19. The molecule has 0 saturated heterocycles. The minimum atomic E-state index is -4.20. The van der Waals surface area contributed by atoms with Gasteiger partial charge in [0, 0.05) is 11.6 Å². The lowest BCUT2D eigenvalue weighted by Crippen LogP contribution is -2.25. The molecule has 7 heteroatoms. The van der Waals surface area contributed by atoms with Gasteiger partial charge in [0.15, 0.2) is 0 Å². The van der Waals surface area contributed by atoms with Crippen LogP contribution in [0.2, 0.25) is 5.15 Å². The van der Waals surface area contributed by atoms with Crippen LogP contribution >= 0.6 is 11.6 Å². The molecule has 0 saturated carbocycles. The van der Waals surface area contributed by atoms with Crippen molar-refractivity contribution in [1.82, 2.24) is 9.97 Å². The molecule has 1 aromatic rings. The molecule has 3 nitrogen and oxygen atoms in total. The second kappa shape index (κ2) is 5.08. The van der Waals surface area contributed by atoms with Crippen molar-refractivity contribution in [2.45, 2.75) is 39.4 Å². The third kappa shape index (κ3) is 4.38. The predicted molar refractivity (Wildman–Crippen MR) is 60.3 cm³/mol. The van der Waals surface area contributed by atoms with Crippen LogP contribution in [0, 0.1) is 13.8 Å². The van der Waals surface area contributed by atoms with E-state index in [0.717, 1.165) is 0 Å². The Hall–Kier alpha value is -1.04. The lowest BCUT2D eigenvalue weighted by Gasteiger charge is -2.18. The highest BCUT2D eigenvalue weighted by molar-refractivity contribution is 6.30. The number of nitrogens with one attached hydrogen (secondary N) is 1. The lowest BCUT2D eigenvalue weighted by molar-refractivity contribution is -0.136. The molecule has 17 heavy (non-hydrogen) atoms. The molecular formula is C10H13ClF3N3. The normalized spacial score (nSPS) is 13.6. The van der Waals surface area contributed by atoms with Crippen molar-refractivity contribution >= 4 is 17.4 Å². The van der Waals surface area contributed by atoms with Gasteiger partial charge in [-0.25, -0.2) is 9.97 Å². The van der Waals surface area contributed by atoms with E-state index < -0.39 is 18.6 Å². The van der Waals surface area contributed by atoms with Crippen LogP contribution in [-0.4, -0.2) is 22.2 Å². The molecule has 0 radical (unpaired) electrons. The van der Waals surface area contributed by atoms with Crippen LogP contribution in [0.1, 0.15) is 24.7 Å². The molecule has 96 valence electrons. The van der Waals surface area contributed by atoms with E-state index >= 15 is 0 Å². The Bertz CT molecular complexity index is 407. The molecule has 1 heterocycles. The number of nitrogens with zero attached hydrogens (tertiary/aromatic N) is 2. The molecule has 0 aromatic carbocycles. The fourth-order valence-electron chi connectivity index (χ4n) is 1.37. The van der Waals surface area contributed by atoms with Crippen LogP contribution in [0.15, 0.2) is 0 Å². The number of halogens is 4. The maximum atomic E-state index is 12.2. The molecule has 1 unspecified atom stereocenters. The van der Waals surface area contributed by atoms with E-state index in [2.05, 4.69) is 15.3 Å². The lowest BCUT2D eigenvalue weighted by atomic mass is 10.2. The van der Waals surface area contributed by atoms with E-state index in [0.29, 0.717) is 17.2 Å². The summed E-state index contributed by atoms with van der Waals surface area (Å²) in [4.78, 5) is 7.94. The van der Waals surface area contributed by atoms with Gasteiger partial charge in [0.1, 0.15) is 16.8 Å². The van der Waals surface area contributed by atoms with Crippen LogP contribution in [0.25, 0.3) is 0 Å². The average molecular weight is 268 g/mol. The monoisotopic (exact) mass is 267 g/mol. The molecule has 0 aliphatic carbocycles. The summed E-state index contributed by atoms with van der Waals surface area (Å²) in [7, 11) is 0. The summed E-state index contributed by atoms with van der Waals surface area (Å²) in [5.41, 5.74) is 0.547. The Balaban J connectivity index is 2.81. The maximum Gasteiger partial charge on any atom is 0.391 e. The second-order valence-electron chi connectivity index (χ2n) is 3.90. The number of alkyl halides is 3. The van der Waals surface area contributed by atoms with E-state index in [-0.39, 0.29) is 5.15 Å². The van der Waals surface area contributed by atoms with Crippen molar-refractivity contribution < 1.29 is 13.2 Å². The van der Waals surface area contributed by atoms with Gasteiger partial charge in [0.2, 0.25) is 0 Å². The fourth-order valence-corrected chi connectivity index (χ4v) is 1.58. The molecule has 1 aromatic heterocycles. The summed E-state index contributed by atoms with van der Waals surface area (Å²) in [6.45, 7) is 4.73. The van der Waals surface area contributed by atoms with Gasteiger partial charge in [0.05, 0.1) is 6.42 Å². The SMILES string of the molecule is Cc1nc(Cl)c(C)c(NC(C)CC(F)(F)F)n1. The molecule has 0 aliphatic heterocycles. The minimum Gasteiger partial charge on any atom is -0.367 e. The van der Waals surface area contributed by atoms with Crippen LogP contribution in [0.3, 0.4) is 0 Å². The molecule has 1 rings (SSSR count). The Morgan fingerprint density at radius 3 is 2.41 bits per heavy atom. The van der Waals surface area contributed by atoms with Crippen LogP contribution in [-0.2, 0) is 0 Å². The first-order valence-corrected chi connectivity index (χ1v) is 5.41. The highest BCUT2D eigenvalue weighted by Crippen LogP contribution is 2.25. The van der Waals surface area contributed by atoms with E-state index in [9.17, 15) is 13.2 Å². The summed E-state index contributed by atoms with van der Waals surface area (Å²) < 4.78 is 36.5. The zero-order valence-corrected chi connectivity index (χ0v) is 10.4. The molecule has 1 atom stereocenters. The first-order chi connectivity index (χ1) is 7.69. The largest absolute Gasteiger partial charge is 0.391 e. The summed E-state index contributed by atoms with van der Waals surface area (Å²) in [5, 5.41) is 2.94. The van der Waals surface area contributed by atoms with Crippen LogP contribution in [0.4, 0.5) is 19.0 Å². The second-order valence-corrected chi connectivity index (χ2v) is 4.26. The number of aromatic nitrogens is 2. The number of hydrogen-bond acceptors (Lipinski definition) is 3. The zero-order valence-electron chi connectivity index (χ0n) is 9.69. The van der Waals surface area contributed by atoms with Crippen molar-refractivity contribution in [2.24, 2.45) is 0 Å². The van der Waals surface area contributed by atoms with Crippen LogP contribution in [0.5, 0.6) is 0 Å². The van der Waals surface area contributed by atoms with Gasteiger partial charge >= 0.3 is 6.18 Å². The number of anilines is 1. The molecule has 1 N–H and O–H groups in total. The van der Waals surface area contributed by atoms with Gasteiger partial charge in [-0.1, -0.05) is 11.6 Å². The van der Waals surface area contributed by atoms with Gasteiger partial charge in [-0.05, 0) is 20.8 Å². The van der Waals surface area contributed by atoms with Gasteiger partial charge in [-0.15, -0.1) is 0 Å². The third-order valence-electron chi connectivity index (χ3n) is 2.12. The molecule has 0 aliphatic rings.